The minimum absolute atomic E-state index is 0.232. The first-order chi connectivity index (χ1) is 13.3. The molecule has 4 aromatic rings. The summed E-state index contributed by atoms with van der Waals surface area (Å²) in [4.78, 5) is 13.2. The van der Waals surface area contributed by atoms with Crippen LogP contribution in [0.4, 0.5) is 5.69 Å². The van der Waals surface area contributed by atoms with Crippen LogP contribution in [0.25, 0.3) is 5.69 Å². The summed E-state index contributed by atoms with van der Waals surface area (Å²) in [7, 11) is 0. The lowest BCUT2D eigenvalue weighted by Crippen LogP contribution is -2.13. The molecule has 136 valence electrons. The van der Waals surface area contributed by atoms with Gasteiger partial charge in [-0.2, -0.15) is 9.78 Å². The Bertz CT molecular complexity index is 1010. The van der Waals surface area contributed by atoms with Crippen molar-refractivity contribution in [2.24, 2.45) is 0 Å². The average Bonchev–Trinajstić information content (AvgIpc) is 3.43. The van der Waals surface area contributed by atoms with E-state index in [1.807, 2.05) is 35.8 Å². The van der Waals surface area contributed by atoms with E-state index in [2.05, 4.69) is 25.9 Å². The molecule has 0 aliphatic rings. The van der Waals surface area contributed by atoms with E-state index in [9.17, 15) is 4.79 Å². The lowest BCUT2D eigenvalue weighted by Gasteiger charge is -2.09. The van der Waals surface area contributed by atoms with Crippen molar-refractivity contribution in [3.63, 3.8) is 0 Å². The first-order valence-electron chi connectivity index (χ1n) is 8.12. The number of hydrogen-bond acceptors (Lipinski definition) is 7. The third-order valence-electron chi connectivity index (χ3n) is 3.69. The maximum atomic E-state index is 12.6. The van der Waals surface area contributed by atoms with Crippen LogP contribution in [0.2, 0.25) is 0 Å². The smallest absolute Gasteiger partial charge is 0.267 e. The predicted molar refractivity (Wildman–Crippen MR) is 99.1 cm³/mol. The summed E-state index contributed by atoms with van der Waals surface area (Å²) in [5.41, 5.74) is 1.28. The second kappa shape index (κ2) is 7.79. The molecule has 0 saturated heterocycles. The Morgan fingerprint density at radius 1 is 1.26 bits per heavy atom. The average molecular weight is 381 g/mol. The minimum Gasteiger partial charge on any atom is -0.492 e. The summed E-state index contributed by atoms with van der Waals surface area (Å²) >= 11 is 1.32. The van der Waals surface area contributed by atoms with Crippen molar-refractivity contribution in [2.45, 2.75) is 6.54 Å². The molecule has 0 aliphatic carbocycles. The second-order valence-corrected chi connectivity index (χ2v) is 6.41. The van der Waals surface area contributed by atoms with E-state index >= 15 is 0 Å². The van der Waals surface area contributed by atoms with Gasteiger partial charge >= 0.3 is 0 Å². The molecule has 0 saturated carbocycles. The Kier molecular flexibility index (Phi) is 4.88. The lowest BCUT2D eigenvalue weighted by atomic mass is 10.3. The van der Waals surface area contributed by atoms with E-state index in [4.69, 9.17) is 4.74 Å². The molecule has 4 rings (SSSR count). The minimum atomic E-state index is -0.232. The Hall–Kier alpha value is -3.53. The van der Waals surface area contributed by atoms with Gasteiger partial charge in [0.1, 0.15) is 23.6 Å². The number of rotatable bonds is 7. The quantitative estimate of drug-likeness (QED) is 0.527. The molecule has 3 heterocycles. The molecule has 0 atom stereocenters. The molecular formula is C17H15N7O2S. The summed E-state index contributed by atoms with van der Waals surface area (Å²) < 4.78 is 8.99. The number of nitrogens with one attached hydrogen (secondary N) is 1. The maximum absolute atomic E-state index is 12.6. The van der Waals surface area contributed by atoms with Gasteiger partial charge in [-0.1, -0.05) is 6.07 Å². The molecule has 0 unspecified atom stereocenters. The molecule has 1 amide bonds. The van der Waals surface area contributed by atoms with Gasteiger partial charge in [0.25, 0.3) is 5.91 Å². The molecule has 0 radical (unpaired) electrons. The van der Waals surface area contributed by atoms with E-state index in [1.54, 1.807) is 23.0 Å². The van der Waals surface area contributed by atoms with Crippen LogP contribution < -0.4 is 10.1 Å². The first kappa shape index (κ1) is 16.9. The number of benzene rings is 1. The van der Waals surface area contributed by atoms with Crippen molar-refractivity contribution in [1.82, 2.24) is 30.0 Å². The van der Waals surface area contributed by atoms with Gasteiger partial charge in [-0.25, -0.2) is 0 Å². The van der Waals surface area contributed by atoms with Gasteiger partial charge in [0.2, 0.25) is 0 Å². The number of anilines is 1. The van der Waals surface area contributed by atoms with Crippen LogP contribution in [0.1, 0.15) is 9.67 Å². The van der Waals surface area contributed by atoms with Crippen molar-refractivity contribution in [3.8, 4) is 11.4 Å². The monoisotopic (exact) mass is 381 g/mol. The number of ether oxygens (including phenoxy) is 1. The molecular weight excluding hydrogens is 366 g/mol. The van der Waals surface area contributed by atoms with Crippen molar-refractivity contribution in [1.29, 1.82) is 0 Å². The first-order valence-corrected chi connectivity index (χ1v) is 9.00. The van der Waals surface area contributed by atoms with Crippen LogP contribution in [0, 0.1) is 0 Å². The number of amides is 1. The maximum Gasteiger partial charge on any atom is 0.267 e. The number of carbonyl (C=O) groups is 1. The fraction of sp³-hybridized carbons (Fsp3) is 0.118. The van der Waals surface area contributed by atoms with Crippen LogP contribution in [0.3, 0.4) is 0 Å². The van der Waals surface area contributed by atoms with E-state index < -0.39 is 0 Å². The summed E-state index contributed by atoms with van der Waals surface area (Å²) in [5.74, 6) is 0.441. The van der Waals surface area contributed by atoms with E-state index in [1.165, 1.54) is 22.3 Å². The highest BCUT2D eigenvalue weighted by Gasteiger charge is 2.16. The summed E-state index contributed by atoms with van der Waals surface area (Å²) in [6.07, 6.45) is 5.06. The van der Waals surface area contributed by atoms with E-state index in [0.29, 0.717) is 35.2 Å². The summed E-state index contributed by atoms with van der Waals surface area (Å²) in [6, 6.07) is 10.9. The van der Waals surface area contributed by atoms with Crippen LogP contribution in [-0.2, 0) is 6.54 Å². The van der Waals surface area contributed by atoms with Gasteiger partial charge in [0, 0.05) is 24.1 Å². The lowest BCUT2D eigenvalue weighted by molar-refractivity contribution is 0.103. The number of nitrogens with zero attached hydrogens (tertiary/aromatic N) is 6. The molecule has 27 heavy (non-hydrogen) atoms. The highest BCUT2D eigenvalue weighted by Crippen LogP contribution is 2.23. The molecule has 1 aromatic carbocycles. The van der Waals surface area contributed by atoms with Crippen LogP contribution in [-0.4, -0.2) is 42.5 Å². The predicted octanol–water partition coefficient (Wildman–Crippen LogP) is 2.25. The largest absolute Gasteiger partial charge is 0.492 e. The number of carbonyl (C=O) groups excluding carboxylic acids is 1. The van der Waals surface area contributed by atoms with Gasteiger partial charge in [-0.15, -0.1) is 16.4 Å². The number of tetrazole rings is 1. The van der Waals surface area contributed by atoms with Gasteiger partial charge in [0.15, 0.2) is 0 Å². The van der Waals surface area contributed by atoms with Crippen molar-refractivity contribution >= 4 is 22.9 Å². The summed E-state index contributed by atoms with van der Waals surface area (Å²) in [6.45, 7) is 1.13. The number of thiophene rings is 1. The molecule has 0 aliphatic heterocycles. The van der Waals surface area contributed by atoms with Gasteiger partial charge in [0.05, 0.1) is 12.2 Å². The molecule has 0 fully saturated rings. The highest BCUT2D eigenvalue weighted by atomic mass is 32.1. The number of aromatic nitrogens is 6. The van der Waals surface area contributed by atoms with Crippen molar-refractivity contribution in [3.05, 3.63) is 65.4 Å². The molecule has 0 spiro atoms. The molecule has 0 bridgehead atoms. The zero-order valence-corrected chi connectivity index (χ0v) is 14.9. The molecule has 10 heteroatoms. The zero-order valence-electron chi connectivity index (χ0n) is 14.1. The van der Waals surface area contributed by atoms with E-state index in [-0.39, 0.29) is 5.91 Å². The second-order valence-electron chi connectivity index (χ2n) is 5.49. The Morgan fingerprint density at radius 2 is 2.22 bits per heavy atom. The van der Waals surface area contributed by atoms with Gasteiger partial charge in [-0.3, -0.25) is 9.48 Å². The standard InChI is InChI=1S/C17H15N7O2S/c25-17(16-15(5-10-27-16)24-12-18-21-22-24)20-13-3-1-4-14(11-13)26-9-8-23-7-2-6-19-23/h1-7,10-12H,8-9H2,(H,20,25). The molecule has 3 aromatic heterocycles. The van der Waals surface area contributed by atoms with E-state index in [0.717, 1.165) is 0 Å². The Labute approximate surface area is 158 Å². The highest BCUT2D eigenvalue weighted by molar-refractivity contribution is 7.12. The van der Waals surface area contributed by atoms with Crippen molar-refractivity contribution < 1.29 is 9.53 Å². The third kappa shape index (κ3) is 4.01. The third-order valence-corrected chi connectivity index (χ3v) is 4.59. The Balaban J connectivity index is 1.41. The summed E-state index contributed by atoms with van der Waals surface area (Å²) in [5, 5.41) is 19.9. The van der Waals surface area contributed by atoms with Crippen LogP contribution in [0.5, 0.6) is 5.75 Å². The van der Waals surface area contributed by atoms with Crippen LogP contribution in [0.15, 0.2) is 60.5 Å². The topological polar surface area (TPSA) is 99.8 Å². The van der Waals surface area contributed by atoms with Gasteiger partial charge < -0.3 is 10.1 Å². The fourth-order valence-corrected chi connectivity index (χ4v) is 3.24. The van der Waals surface area contributed by atoms with Crippen molar-refractivity contribution in [2.75, 3.05) is 11.9 Å². The number of hydrogen-bond donors (Lipinski definition) is 1. The zero-order chi connectivity index (χ0) is 18.5. The normalized spacial score (nSPS) is 10.7. The van der Waals surface area contributed by atoms with Gasteiger partial charge in [-0.05, 0) is 40.1 Å². The fourth-order valence-electron chi connectivity index (χ4n) is 2.47. The SMILES string of the molecule is O=C(Nc1cccc(OCCn2cccn2)c1)c1sccc1-n1cnnn1. The Morgan fingerprint density at radius 3 is 3.04 bits per heavy atom. The molecule has 9 nitrogen and oxygen atoms in total. The molecule has 1 N–H and O–H groups in total. The van der Waals surface area contributed by atoms with Crippen LogP contribution >= 0.6 is 11.3 Å².